The fourth-order valence-corrected chi connectivity index (χ4v) is 5.12. The molecular formula is C25H19Br3N2O4. The van der Waals surface area contributed by atoms with Gasteiger partial charge in [-0.05, 0) is 80.2 Å². The van der Waals surface area contributed by atoms with E-state index in [9.17, 15) is 4.79 Å². The van der Waals surface area contributed by atoms with Crippen LogP contribution in [0, 0.1) is 6.92 Å². The molecule has 0 aliphatic heterocycles. The summed E-state index contributed by atoms with van der Waals surface area (Å²) in [5.41, 5.74) is 6.04. The predicted molar refractivity (Wildman–Crippen MR) is 143 cm³/mol. The third-order valence-electron chi connectivity index (χ3n) is 4.89. The van der Waals surface area contributed by atoms with Crippen LogP contribution in [0.25, 0.3) is 11.0 Å². The lowest BCUT2D eigenvalue weighted by molar-refractivity contribution is 0.0929. The molecule has 1 amide bonds. The largest absolute Gasteiger partial charge is 0.493 e. The van der Waals surface area contributed by atoms with Gasteiger partial charge in [0.2, 0.25) is 0 Å². The first-order valence-corrected chi connectivity index (χ1v) is 12.5. The van der Waals surface area contributed by atoms with Crippen LogP contribution >= 0.6 is 47.8 Å². The number of nitrogens with one attached hydrogen (secondary N) is 1. The maximum absolute atomic E-state index is 12.5. The molecular weight excluding hydrogens is 632 g/mol. The number of hydrazone groups is 1. The average molecular weight is 651 g/mol. The number of benzene rings is 3. The first-order valence-electron chi connectivity index (χ1n) is 10.1. The number of furan rings is 1. The van der Waals surface area contributed by atoms with Gasteiger partial charge in [0.05, 0.1) is 22.3 Å². The van der Waals surface area contributed by atoms with Crippen LogP contribution in [0.2, 0.25) is 0 Å². The zero-order valence-electron chi connectivity index (χ0n) is 18.2. The summed E-state index contributed by atoms with van der Waals surface area (Å²) in [6.45, 7) is 2.45. The van der Waals surface area contributed by atoms with E-state index in [0.29, 0.717) is 33.7 Å². The highest BCUT2D eigenvalue weighted by molar-refractivity contribution is 9.11. The van der Waals surface area contributed by atoms with Gasteiger partial charge in [0.15, 0.2) is 17.3 Å². The highest BCUT2D eigenvalue weighted by Gasteiger charge is 2.15. The highest BCUT2D eigenvalue weighted by Crippen LogP contribution is 2.37. The van der Waals surface area contributed by atoms with E-state index < -0.39 is 5.91 Å². The molecule has 9 heteroatoms. The minimum absolute atomic E-state index is 0.157. The number of nitrogens with zero attached hydrogens (tertiary/aromatic N) is 1. The van der Waals surface area contributed by atoms with Crippen molar-refractivity contribution in [1.82, 2.24) is 5.43 Å². The lowest BCUT2D eigenvalue weighted by Gasteiger charge is -2.13. The molecule has 6 nitrogen and oxygen atoms in total. The Balaban J connectivity index is 1.45. The van der Waals surface area contributed by atoms with Gasteiger partial charge in [0.1, 0.15) is 12.2 Å². The van der Waals surface area contributed by atoms with E-state index in [1.807, 2.05) is 49.4 Å². The van der Waals surface area contributed by atoms with Crippen molar-refractivity contribution in [2.45, 2.75) is 13.5 Å². The van der Waals surface area contributed by atoms with Crippen molar-refractivity contribution in [3.8, 4) is 11.5 Å². The minimum Gasteiger partial charge on any atom is -0.493 e. The number of carbonyl (C=O) groups excluding carboxylic acids is 1. The zero-order valence-corrected chi connectivity index (χ0v) is 23.0. The van der Waals surface area contributed by atoms with Gasteiger partial charge >= 0.3 is 5.91 Å². The van der Waals surface area contributed by atoms with Crippen molar-refractivity contribution in [3.63, 3.8) is 0 Å². The van der Waals surface area contributed by atoms with E-state index in [1.54, 1.807) is 19.2 Å². The van der Waals surface area contributed by atoms with Crippen LogP contribution in [-0.2, 0) is 6.61 Å². The van der Waals surface area contributed by atoms with Crippen LogP contribution in [0.15, 0.2) is 77.5 Å². The summed E-state index contributed by atoms with van der Waals surface area (Å²) in [6.07, 6.45) is 1.52. The topological polar surface area (TPSA) is 73.1 Å². The number of fused-ring (bicyclic) bond motifs is 1. The number of amides is 1. The fourth-order valence-electron chi connectivity index (χ4n) is 3.20. The van der Waals surface area contributed by atoms with Gasteiger partial charge in [-0.15, -0.1) is 0 Å². The Bertz CT molecular complexity index is 1380. The molecule has 0 aliphatic rings. The number of ether oxygens (including phenoxy) is 2. The van der Waals surface area contributed by atoms with Gasteiger partial charge in [0, 0.05) is 9.86 Å². The third kappa shape index (κ3) is 5.71. The molecule has 4 aromatic rings. The lowest BCUT2D eigenvalue weighted by atomic mass is 10.2. The van der Waals surface area contributed by atoms with Crippen LogP contribution in [0.3, 0.4) is 0 Å². The summed E-state index contributed by atoms with van der Waals surface area (Å²) in [4.78, 5) is 12.5. The van der Waals surface area contributed by atoms with Crippen molar-refractivity contribution in [2.24, 2.45) is 5.10 Å². The summed E-state index contributed by atoms with van der Waals surface area (Å²) < 4.78 is 19.5. The standard InChI is InChI=1S/C25H19Br3N2O4/c1-14-3-5-15(6-4-14)13-33-24-19(27)7-16(8-21(24)32-2)12-29-30-25(31)22-10-17-9-18(26)11-20(28)23(17)34-22/h3-12H,13H2,1-2H3,(H,30,31)/b29-12-. The number of halogens is 3. The molecule has 1 N–H and O–H groups in total. The number of hydrogen-bond donors (Lipinski definition) is 1. The molecule has 0 spiro atoms. The normalized spacial score (nSPS) is 11.2. The van der Waals surface area contributed by atoms with E-state index in [4.69, 9.17) is 13.9 Å². The van der Waals surface area contributed by atoms with Crippen molar-refractivity contribution in [2.75, 3.05) is 7.11 Å². The zero-order chi connectivity index (χ0) is 24.2. The smallest absolute Gasteiger partial charge is 0.307 e. The van der Waals surface area contributed by atoms with Gasteiger partial charge in [-0.25, -0.2) is 5.43 Å². The van der Waals surface area contributed by atoms with E-state index in [1.165, 1.54) is 11.8 Å². The van der Waals surface area contributed by atoms with Gasteiger partial charge < -0.3 is 13.9 Å². The van der Waals surface area contributed by atoms with Crippen LogP contribution in [-0.4, -0.2) is 19.2 Å². The molecule has 3 aromatic carbocycles. The van der Waals surface area contributed by atoms with Crippen molar-refractivity contribution in [3.05, 3.63) is 90.5 Å². The molecule has 0 unspecified atom stereocenters. The average Bonchev–Trinajstić information content (AvgIpc) is 3.23. The molecule has 0 radical (unpaired) electrons. The Morgan fingerprint density at radius 1 is 1.06 bits per heavy atom. The van der Waals surface area contributed by atoms with Crippen LogP contribution in [0.5, 0.6) is 11.5 Å². The molecule has 34 heavy (non-hydrogen) atoms. The van der Waals surface area contributed by atoms with E-state index >= 15 is 0 Å². The summed E-state index contributed by atoms with van der Waals surface area (Å²) >= 11 is 10.4. The number of hydrogen-bond acceptors (Lipinski definition) is 5. The van der Waals surface area contributed by atoms with Crippen molar-refractivity contribution < 1.29 is 18.7 Å². The van der Waals surface area contributed by atoms with E-state index in [-0.39, 0.29) is 5.76 Å². The molecule has 0 bridgehead atoms. The Kier molecular flexibility index (Phi) is 7.75. The molecule has 0 atom stereocenters. The quantitative estimate of drug-likeness (QED) is 0.167. The Morgan fingerprint density at radius 3 is 2.56 bits per heavy atom. The van der Waals surface area contributed by atoms with Gasteiger partial charge in [-0.2, -0.15) is 5.10 Å². The van der Waals surface area contributed by atoms with Gasteiger partial charge in [-0.3, -0.25) is 4.79 Å². The Morgan fingerprint density at radius 2 is 1.82 bits per heavy atom. The molecule has 0 saturated carbocycles. The summed E-state index contributed by atoms with van der Waals surface area (Å²) in [6, 6.07) is 17.1. The molecule has 0 aliphatic carbocycles. The van der Waals surface area contributed by atoms with Crippen molar-refractivity contribution in [1.29, 1.82) is 0 Å². The SMILES string of the molecule is COc1cc(/C=N\NC(=O)c2cc3cc(Br)cc(Br)c3o2)cc(Br)c1OCc1ccc(C)cc1. The Labute approximate surface area is 221 Å². The van der Waals surface area contributed by atoms with E-state index in [0.717, 1.165) is 19.9 Å². The molecule has 4 rings (SSSR count). The summed E-state index contributed by atoms with van der Waals surface area (Å²) in [5.74, 6) is 0.828. The van der Waals surface area contributed by atoms with Crippen LogP contribution in [0.4, 0.5) is 0 Å². The molecule has 0 saturated heterocycles. The number of aryl methyl sites for hydroxylation is 1. The number of methoxy groups -OCH3 is 1. The molecule has 1 heterocycles. The van der Waals surface area contributed by atoms with Crippen molar-refractivity contribution >= 4 is 70.9 Å². The predicted octanol–water partition coefficient (Wildman–Crippen LogP) is 7.38. The maximum atomic E-state index is 12.5. The second-order valence-corrected chi connectivity index (χ2v) is 10.0. The summed E-state index contributed by atoms with van der Waals surface area (Å²) in [5, 5.41) is 4.85. The second-order valence-electron chi connectivity index (χ2n) is 7.42. The first-order chi connectivity index (χ1) is 16.3. The maximum Gasteiger partial charge on any atom is 0.307 e. The van der Waals surface area contributed by atoms with Gasteiger partial charge in [0.25, 0.3) is 0 Å². The second kappa shape index (κ2) is 10.8. The van der Waals surface area contributed by atoms with Crippen LogP contribution in [0.1, 0.15) is 27.2 Å². The Hall–Kier alpha value is -2.62. The monoisotopic (exact) mass is 648 g/mol. The third-order valence-corrected chi connectivity index (χ3v) is 6.53. The van der Waals surface area contributed by atoms with Gasteiger partial charge in [-0.1, -0.05) is 45.8 Å². The van der Waals surface area contributed by atoms with Crippen LogP contribution < -0.4 is 14.9 Å². The fraction of sp³-hybridized carbons (Fsp3) is 0.120. The first kappa shape index (κ1) is 24.5. The number of carbonyl (C=O) groups is 1. The highest BCUT2D eigenvalue weighted by atomic mass is 79.9. The minimum atomic E-state index is -0.459. The molecule has 1 aromatic heterocycles. The summed E-state index contributed by atoms with van der Waals surface area (Å²) in [7, 11) is 1.57. The van der Waals surface area contributed by atoms with E-state index in [2.05, 4.69) is 58.3 Å². The molecule has 174 valence electrons. The molecule has 0 fully saturated rings. The number of rotatable bonds is 7. The lowest BCUT2D eigenvalue weighted by Crippen LogP contribution is -2.16.